The lowest BCUT2D eigenvalue weighted by atomic mass is 10.1. The first-order chi connectivity index (χ1) is 15.9. The lowest BCUT2D eigenvalue weighted by Crippen LogP contribution is -2.60. The highest BCUT2D eigenvalue weighted by molar-refractivity contribution is 6.35. The minimum absolute atomic E-state index is 0.00117. The van der Waals surface area contributed by atoms with Gasteiger partial charge in [0.1, 0.15) is 6.17 Å². The van der Waals surface area contributed by atoms with Gasteiger partial charge >= 0.3 is 6.09 Å². The van der Waals surface area contributed by atoms with Crippen molar-refractivity contribution in [2.45, 2.75) is 12.6 Å². The van der Waals surface area contributed by atoms with Crippen molar-refractivity contribution in [2.75, 3.05) is 32.9 Å². The number of nitrogens with two attached hydrogens (primary N) is 1. The van der Waals surface area contributed by atoms with Crippen LogP contribution in [0.5, 0.6) is 0 Å². The van der Waals surface area contributed by atoms with E-state index in [2.05, 4.69) is 0 Å². The van der Waals surface area contributed by atoms with Gasteiger partial charge in [-0.3, -0.25) is 14.1 Å². The second kappa shape index (κ2) is 9.76. The molecule has 10 heteroatoms. The Labute approximate surface area is 195 Å². The Morgan fingerprint density at radius 3 is 2.79 bits per heavy atom. The number of halogens is 2. The second-order valence-electron chi connectivity index (χ2n) is 7.96. The Morgan fingerprint density at radius 2 is 2.09 bits per heavy atom. The fraction of sp³-hybridized carbons (Fsp3) is 0.348. The van der Waals surface area contributed by atoms with E-state index >= 15 is 0 Å². The number of carbonyl (C=O) groups is 2. The van der Waals surface area contributed by atoms with Crippen LogP contribution in [0.25, 0.3) is 22.2 Å². The number of fused-ring (bicyclic) bond motifs is 1. The first-order valence-corrected chi connectivity index (χ1v) is 11.0. The standard InChI is InChI=1S/C23H25ClFN5O3/c1-28-7-5-16(13-28)19-12-18(24)17-4-3-15(11-20(17)27-19)22(31)29-8-9-30(21(26)14-29)23(32)33-10-2-6-25/h3-5,7,11-13,21H,2,6,8-10,14,26H2,1H3/t21-/m0/s1. The minimum atomic E-state index is -0.710. The van der Waals surface area contributed by atoms with E-state index in [0.29, 0.717) is 22.6 Å². The van der Waals surface area contributed by atoms with Crippen LogP contribution in [0.15, 0.2) is 42.7 Å². The fourth-order valence-corrected chi connectivity index (χ4v) is 4.09. The van der Waals surface area contributed by atoms with Gasteiger partial charge in [-0.1, -0.05) is 17.7 Å². The average Bonchev–Trinajstić information content (AvgIpc) is 3.24. The topological polar surface area (TPSA) is 93.7 Å². The molecule has 1 fully saturated rings. The molecule has 8 nitrogen and oxygen atoms in total. The van der Waals surface area contributed by atoms with Gasteiger partial charge in [-0.05, 0) is 24.3 Å². The largest absolute Gasteiger partial charge is 0.449 e. The van der Waals surface area contributed by atoms with E-state index in [9.17, 15) is 14.0 Å². The summed E-state index contributed by atoms with van der Waals surface area (Å²) in [5.74, 6) is -0.208. The Morgan fingerprint density at radius 1 is 1.27 bits per heavy atom. The van der Waals surface area contributed by atoms with Crippen LogP contribution in [-0.4, -0.2) is 70.4 Å². The molecule has 1 aliphatic rings. The first-order valence-electron chi connectivity index (χ1n) is 10.6. The summed E-state index contributed by atoms with van der Waals surface area (Å²) in [7, 11) is 1.93. The number of alkyl halides is 1. The summed E-state index contributed by atoms with van der Waals surface area (Å²) >= 11 is 6.48. The lowest BCUT2D eigenvalue weighted by Gasteiger charge is -2.38. The minimum Gasteiger partial charge on any atom is -0.449 e. The molecule has 0 radical (unpaired) electrons. The van der Waals surface area contributed by atoms with E-state index in [1.807, 2.05) is 36.1 Å². The van der Waals surface area contributed by atoms with Crippen molar-refractivity contribution < 1.29 is 18.7 Å². The number of hydrogen-bond acceptors (Lipinski definition) is 5. The van der Waals surface area contributed by atoms with Crippen molar-refractivity contribution in [3.8, 4) is 11.3 Å². The quantitative estimate of drug-likeness (QED) is 0.573. The molecule has 33 heavy (non-hydrogen) atoms. The molecule has 1 atom stereocenters. The molecule has 174 valence electrons. The molecule has 2 amide bonds. The summed E-state index contributed by atoms with van der Waals surface area (Å²) in [5.41, 5.74) is 8.84. The number of ether oxygens (including phenoxy) is 1. The van der Waals surface area contributed by atoms with Gasteiger partial charge in [-0.2, -0.15) is 0 Å². The van der Waals surface area contributed by atoms with Gasteiger partial charge in [0.05, 0.1) is 36.1 Å². The lowest BCUT2D eigenvalue weighted by molar-refractivity contribution is 0.0382. The predicted octanol–water partition coefficient (Wildman–Crippen LogP) is 3.43. The zero-order valence-corrected chi connectivity index (χ0v) is 19.0. The Bertz CT molecular complexity index is 1180. The van der Waals surface area contributed by atoms with Crippen LogP contribution in [0, 0.1) is 0 Å². The molecule has 1 saturated heterocycles. The molecule has 0 bridgehead atoms. The third-order valence-corrected chi connectivity index (χ3v) is 5.89. The van der Waals surface area contributed by atoms with E-state index in [0.717, 1.165) is 16.6 Å². The Kier molecular flexibility index (Phi) is 6.80. The average molecular weight is 474 g/mol. The molecule has 0 saturated carbocycles. The summed E-state index contributed by atoms with van der Waals surface area (Å²) in [6.07, 6.45) is 2.71. The Hall–Kier alpha value is -3.17. The van der Waals surface area contributed by atoms with Gasteiger partial charge < -0.3 is 19.9 Å². The highest BCUT2D eigenvalue weighted by atomic mass is 35.5. The van der Waals surface area contributed by atoms with Gasteiger partial charge in [0.15, 0.2) is 0 Å². The maximum atomic E-state index is 13.1. The monoisotopic (exact) mass is 473 g/mol. The molecule has 2 N–H and O–H groups in total. The molecule has 4 rings (SSSR count). The number of hydrogen-bond donors (Lipinski definition) is 1. The van der Waals surface area contributed by atoms with Gasteiger partial charge in [0.2, 0.25) is 0 Å². The summed E-state index contributed by atoms with van der Waals surface area (Å²) < 4.78 is 19.2. The van der Waals surface area contributed by atoms with Crippen molar-refractivity contribution in [1.82, 2.24) is 19.4 Å². The summed E-state index contributed by atoms with van der Waals surface area (Å²) in [5, 5.41) is 1.31. The number of nitrogens with zero attached hydrogens (tertiary/aromatic N) is 4. The van der Waals surface area contributed by atoms with Gasteiger partial charge in [0, 0.05) is 55.5 Å². The summed E-state index contributed by atoms with van der Waals surface area (Å²) in [6, 6.07) is 8.97. The fourth-order valence-electron chi connectivity index (χ4n) is 3.82. The van der Waals surface area contributed by atoms with Crippen LogP contribution in [-0.2, 0) is 11.8 Å². The molecule has 2 aromatic heterocycles. The molecule has 0 unspecified atom stereocenters. The molecule has 0 aliphatic carbocycles. The SMILES string of the molecule is Cn1ccc(-c2cc(Cl)c3ccc(C(=O)N4CCN(C(=O)OCCCF)[C@H](N)C4)cc3n2)c1. The number of rotatable bonds is 5. The summed E-state index contributed by atoms with van der Waals surface area (Å²) in [6.45, 7) is 0.143. The summed E-state index contributed by atoms with van der Waals surface area (Å²) in [4.78, 5) is 32.9. The van der Waals surface area contributed by atoms with E-state index in [1.165, 1.54) is 4.90 Å². The predicted molar refractivity (Wildman–Crippen MR) is 124 cm³/mol. The van der Waals surface area contributed by atoms with Crippen LogP contribution in [0.4, 0.5) is 9.18 Å². The third kappa shape index (κ3) is 4.94. The van der Waals surface area contributed by atoms with Crippen LogP contribution < -0.4 is 5.73 Å². The normalized spacial score (nSPS) is 16.3. The van der Waals surface area contributed by atoms with E-state index in [1.54, 1.807) is 23.1 Å². The number of aryl methyl sites for hydroxylation is 1. The molecule has 3 heterocycles. The van der Waals surface area contributed by atoms with E-state index < -0.39 is 18.9 Å². The second-order valence-corrected chi connectivity index (χ2v) is 8.36. The van der Waals surface area contributed by atoms with Crippen molar-refractivity contribution >= 4 is 34.5 Å². The zero-order valence-electron chi connectivity index (χ0n) is 18.2. The highest BCUT2D eigenvalue weighted by Crippen LogP contribution is 2.29. The zero-order chi connectivity index (χ0) is 23.5. The maximum absolute atomic E-state index is 13.1. The van der Waals surface area contributed by atoms with Gasteiger partial charge in [-0.15, -0.1) is 0 Å². The van der Waals surface area contributed by atoms with Crippen LogP contribution in [0.1, 0.15) is 16.8 Å². The van der Waals surface area contributed by atoms with Crippen LogP contribution in [0.3, 0.4) is 0 Å². The number of aromatic nitrogens is 2. The Balaban J connectivity index is 1.51. The number of amides is 2. The van der Waals surface area contributed by atoms with Crippen molar-refractivity contribution in [2.24, 2.45) is 12.8 Å². The molecule has 0 spiro atoms. The highest BCUT2D eigenvalue weighted by Gasteiger charge is 2.31. The van der Waals surface area contributed by atoms with Gasteiger partial charge in [0.25, 0.3) is 5.91 Å². The van der Waals surface area contributed by atoms with Gasteiger partial charge in [-0.25, -0.2) is 9.78 Å². The van der Waals surface area contributed by atoms with Crippen molar-refractivity contribution in [3.05, 3.63) is 53.3 Å². The van der Waals surface area contributed by atoms with Crippen molar-refractivity contribution in [1.29, 1.82) is 0 Å². The van der Waals surface area contributed by atoms with Crippen LogP contribution >= 0.6 is 11.6 Å². The molecule has 3 aromatic rings. The van der Waals surface area contributed by atoms with E-state index in [4.69, 9.17) is 27.1 Å². The molecule has 1 aromatic carbocycles. The molecule has 1 aliphatic heterocycles. The maximum Gasteiger partial charge on any atom is 0.411 e. The third-order valence-electron chi connectivity index (χ3n) is 5.58. The smallest absolute Gasteiger partial charge is 0.411 e. The molecular weight excluding hydrogens is 449 g/mol. The van der Waals surface area contributed by atoms with Crippen LogP contribution in [0.2, 0.25) is 5.02 Å². The number of benzene rings is 1. The molecular formula is C23H25ClFN5O3. The van der Waals surface area contributed by atoms with E-state index in [-0.39, 0.29) is 32.0 Å². The number of carbonyl (C=O) groups excluding carboxylic acids is 2. The first kappa shape index (κ1) is 23.0. The number of piperazine rings is 1. The van der Waals surface area contributed by atoms with Crippen molar-refractivity contribution in [3.63, 3.8) is 0 Å². The number of pyridine rings is 1.